The Morgan fingerprint density at radius 2 is 1.92 bits per heavy atom. The first-order valence-corrected chi connectivity index (χ1v) is 10.3. The molecule has 0 radical (unpaired) electrons. The quantitative estimate of drug-likeness (QED) is 0.673. The van der Waals surface area contributed by atoms with Gasteiger partial charge in [-0.15, -0.1) is 0 Å². The van der Waals surface area contributed by atoms with Gasteiger partial charge in [0.25, 0.3) is 0 Å². The van der Waals surface area contributed by atoms with Gasteiger partial charge in [0.15, 0.2) is 5.78 Å². The summed E-state index contributed by atoms with van der Waals surface area (Å²) in [6.07, 6.45) is 11.3. The second kappa shape index (κ2) is 5.96. The molecule has 0 unspecified atom stereocenters. The van der Waals surface area contributed by atoms with Crippen LogP contribution in [0.2, 0.25) is 0 Å². The summed E-state index contributed by atoms with van der Waals surface area (Å²) < 4.78 is 5.86. The lowest BCUT2D eigenvalue weighted by Gasteiger charge is -2.57. The SMILES string of the molecule is CCC(=O)O[C@@H]1CC[C@H]2[C@H]3CCC4=CC(=O)CC[C@@]4(C)[C@@H]3CC[C@]12C. The van der Waals surface area contributed by atoms with Gasteiger partial charge in [0.2, 0.25) is 0 Å². The van der Waals surface area contributed by atoms with Gasteiger partial charge < -0.3 is 4.74 Å². The van der Waals surface area contributed by atoms with Gasteiger partial charge in [-0.05, 0) is 74.2 Å². The van der Waals surface area contributed by atoms with E-state index in [9.17, 15) is 9.59 Å². The van der Waals surface area contributed by atoms with Gasteiger partial charge in [-0.1, -0.05) is 26.3 Å². The van der Waals surface area contributed by atoms with Crippen molar-refractivity contribution >= 4 is 11.8 Å². The molecule has 3 fully saturated rings. The molecule has 4 aliphatic carbocycles. The Balaban J connectivity index is 1.59. The number of carbonyl (C=O) groups is 2. The predicted molar refractivity (Wildman–Crippen MR) is 96.9 cm³/mol. The Hall–Kier alpha value is -1.12. The van der Waals surface area contributed by atoms with E-state index in [0.717, 1.165) is 38.0 Å². The number of ketones is 1. The predicted octanol–water partition coefficient (Wildman–Crippen LogP) is 4.84. The summed E-state index contributed by atoms with van der Waals surface area (Å²) in [5, 5.41) is 0. The molecule has 0 bridgehead atoms. The zero-order chi connectivity index (χ0) is 17.8. The molecule has 0 saturated heterocycles. The molecule has 0 aromatic heterocycles. The minimum atomic E-state index is -0.0411. The van der Waals surface area contributed by atoms with Crippen molar-refractivity contribution in [1.82, 2.24) is 0 Å². The minimum absolute atomic E-state index is 0.0411. The normalized spacial score (nSPS) is 45.9. The van der Waals surface area contributed by atoms with Crippen LogP contribution in [0.3, 0.4) is 0 Å². The van der Waals surface area contributed by atoms with Gasteiger partial charge in [0, 0.05) is 18.3 Å². The van der Waals surface area contributed by atoms with Crippen molar-refractivity contribution < 1.29 is 14.3 Å². The third kappa shape index (κ3) is 2.52. The molecule has 3 nitrogen and oxygen atoms in total. The lowest BCUT2D eigenvalue weighted by molar-refractivity contribution is -0.159. The topological polar surface area (TPSA) is 43.4 Å². The summed E-state index contributed by atoms with van der Waals surface area (Å²) in [6, 6.07) is 0. The van der Waals surface area contributed by atoms with E-state index in [1.807, 2.05) is 13.0 Å². The van der Waals surface area contributed by atoms with Crippen LogP contribution in [0.1, 0.15) is 78.6 Å². The fraction of sp³-hybridized carbons (Fsp3) is 0.818. The highest BCUT2D eigenvalue weighted by atomic mass is 16.5. The number of carbonyl (C=O) groups excluding carboxylic acids is 2. The molecule has 4 aliphatic rings. The van der Waals surface area contributed by atoms with Crippen molar-refractivity contribution in [2.24, 2.45) is 28.6 Å². The maximum atomic E-state index is 11.9. The first-order valence-electron chi connectivity index (χ1n) is 10.3. The molecule has 0 N–H and O–H groups in total. The molecule has 0 amide bonds. The molecule has 0 heterocycles. The first kappa shape index (κ1) is 17.3. The molecule has 0 spiro atoms. The van der Waals surface area contributed by atoms with E-state index >= 15 is 0 Å². The highest BCUT2D eigenvalue weighted by Gasteiger charge is 2.59. The maximum absolute atomic E-state index is 11.9. The molecular weight excluding hydrogens is 312 g/mol. The third-order valence-electron chi connectivity index (χ3n) is 8.44. The van der Waals surface area contributed by atoms with Crippen molar-refractivity contribution in [1.29, 1.82) is 0 Å². The van der Waals surface area contributed by atoms with Crippen LogP contribution in [0.15, 0.2) is 11.6 Å². The first-order chi connectivity index (χ1) is 11.9. The van der Waals surface area contributed by atoms with Crippen LogP contribution < -0.4 is 0 Å². The number of fused-ring (bicyclic) bond motifs is 5. The smallest absolute Gasteiger partial charge is 0.305 e. The number of hydrogen-bond donors (Lipinski definition) is 0. The molecule has 25 heavy (non-hydrogen) atoms. The minimum Gasteiger partial charge on any atom is -0.462 e. The molecule has 3 heteroatoms. The van der Waals surface area contributed by atoms with Crippen LogP contribution in [0.25, 0.3) is 0 Å². The van der Waals surface area contributed by atoms with Crippen LogP contribution in [-0.2, 0) is 14.3 Å². The van der Waals surface area contributed by atoms with E-state index in [-0.39, 0.29) is 22.9 Å². The lowest BCUT2D eigenvalue weighted by Crippen LogP contribution is -2.51. The van der Waals surface area contributed by atoms with Gasteiger partial charge in [0.1, 0.15) is 6.10 Å². The lowest BCUT2D eigenvalue weighted by atomic mass is 9.47. The zero-order valence-electron chi connectivity index (χ0n) is 16.0. The van der Waals surface area contributed by atoms with Crippen LogP contribution in [0, 0.1) is 28.6 Å². The highest BCUT2D eigenvalue weighted by Crippen LogP contribution is 2.65. The van der Waals surface area contributed by atoms with Crippen LogP contribution >= 0.6 is 0 Å². The molecule has 0 aliphatic heterocycles. The van der Waals surface area contributed by atoms with Gasteiger partial charge in [0.05, 0.1) is 0 Å². The van der Waals surface area contributed by atoms with Crippen molar-refractivity contribution in [2.75, 3.05) is 0 Å². The largest absolute Gasteiger partial charge is 0.462 e. The summed E-state index contributed by atoms with van der Waals surface area (Å²) in [7, 11) is 0. The fourth-order valence-corrected chi connectivity index (χ4v) is 6.95. The highest BCUT2D eigenvalue weighted by molar-refractivity contribution is 5.91. The van der Waals surface area contributed by atoms with E-state index in [2.05, 4.69) is 13.8 Å². The van der Waals surface area contributed by atoms with Crippen LogP contribution in [0.5, 0.6) is 0 Å². The van der Waals surface area contributed by atoms with E-state index < -0.39 is 0 Å². The van der Waals surface area contributed by atoms with Crippen LogP contribution in [0.4, 0.5) is 0 Å². The van der Waals surface area contributed by atoms with Crippen molar-refractivity contribution in [2.45, 2.75) is 84.7 Å². The fourth-order valence-electron chi connectivity index (χ4n) is 6.95. The van der Waals surface area contributed by atoms with Gasteiger partial charge >= 0.3 is 5.97 Å². The van der Waals surface area contributed by atoms with E-state index in [4.69, 9.17) is 4.74 Å². The van der Waals surface area contributed by atoms with E-state index in [0.29, 0.717) is 24.0 Å². The van der Waals surface area contributed by atoms with E-state index in [1.54, 1.807) is 0 Å². The number of ether oxygens (including phenoxy) is 1. The van der Waals surface area contributed by atoms with Gasteiger partial charge in [-0.3, -0.25) is 9.59 Å². The average Bonchev–Trinajstić information content (AvgIpc) is 2.92. The molecule has 138 valence electrons. The zero-order valence-corrected chi connectivity index (χ0v) is 16.0. The monoisotopic (exact) mass is 344 g/mol. The summed E-state index contributed by atoms with van der Waals surface area (Å²) in [5.41, 5.74) is 1.82. The third-order valence-corrected chi connectivity index (χ3v) is 8.44. The van der Waals surface area contributed by atoms with Crippen molar-refractivity contribution in [3.63, 3.8) is 0 Å². The van der Waals surface area contributed by atoms with Gasteiger partial charge in [-0.2, -0.15) is 0 Å². The molecule has 4 rings (SSSR count). The number of esters is 1. The van der Waals surface area contributed by atoms with Crippen molar-refractivity contribution in [3.05, 3.63) is 11.6 Å². The molecule has 0 aromatic carbocycles. The molecule has 3 saturated carbocycles. The molecular formula is C22H32O3. The van der Waals surface area contributed by atoms with E-state index in [1.165, 1.54) is 24.8 Å². The summed E-state index contributed by atoms with van der Waals surface area (Å²) in [4.78, 5) is 23.8. The molecule has 0 aromatic rings. The summed E-state index contributed by atoms with van der Waals surface area (Å²) >= 11 is 0. The van der Waals surface area contributed by atoms with Crippen LogP contribution in [-0.4, -0.2) is 17.9 Å². The number of allylic oxidation sites excluding steroid dienone is 1. The standard InChI is InChI=1S/C22H32O3/c1-4-20(24)25-19-8-7-17-16-6-5-14-13-15(23)9-11-21(14,2)18(16)10-12-22(17,19)3/h13,16-19H,4-12H2,1-3H3/t16-,17+,18-,19-,21-,22+/m1/s1. The Morgan fingerprint density at radius 3 is 2.68 bits per heavy atom. The van der Waals surface area contributed by atoms with Gasteiger partial charge in [-0.25, -0.2) is 0 Å². The maximum Gasteiger partial charge on any atom is 0.305 e. The number of rotatable bonds is 2. The average molecular weight is 344 g/mol. The Kier molecular flexibility index (Phi) is 4.12. The summed E-state index contributed by atoms with van der Waals surface area (Å²) in [6.45, 7) is 6.69. The van der Waals surface area contributed by atoms with Crippen molar-refractivity contribution in [3.8, 4) is 0 Å². The summed E-state index contributed by atoms with van der Waals surface area (Å²) in [5.74, 6) is 2.41. The Labute approximate surface area is 151 Å². The second-order valence-corrected chi connectivity index (χ2v) is 9.42. The second-order valence-electron chi connectivity index (χ2n) is 9.42. The molecule has 6 atom stereocenters. The number of hydrogen-bond acceptors (Lipinski definition) is 3. The Morgan fingerprint density at radius 1 is 1.12 bits per heavy atom. The Bertz CT molecular complexity index is 621.